The van der Waals surface area contributed by atoms with Gasteiger partial charge in [0.25, 0.3) is 0 Å². The lowest BCUT2D eigenvalue weighted by Gasteiger charge is -1.80. The normalized spacial score (nSPS) is 10.3. The van der Waals surface area contributed by atoms with Crippen LogP contribution in [0.2, 0.25) is 0 Å². The highest BCUT2D eigenvalue weighted by Gasteiger charge is 2.01. The zero-order valence-corrected chi connectivity index (χ0v) is 5.95. The first kappa shape index (κ1) is 6.43. The monoisotopic (exact) mass is 146 g/mol. The molecule has 1 heterocycles. The molecule has 2 N–H and O–H groups in total. The topological polar surface area (TPSA) is 52.0 Å². The molecule has 4 heteroatoms. The number of fused-ring (bicyclic) bond motifs is 1. The lowest BCUT2D eigenvalue weighted by Crippen LogP contribution is -2.23. The van der Waals surface area contributed by atoms with Crippen LogP contribution in [-0.2, 0) is 0 Å². The summed E-state index contributed by atoms with van der Waals surface area (Å²) in [5.74, 6) is 0.589. The minimum absolute atomic E-state index is 0.356. The van der Waals surface area contributed by atoms with Gasteiger partial charge in [-0.2, -0.15) is 0 Å². The van der Waals surface area contributed by atoms with E-state index in [1.54, 1.807) is 0 Å². The maximum Gasteiger partial charge on any atom is 0.305 e. The first-order chi connectivity index (χ1) is 5.40. The fourth-order valence-corrected chi connectivity index (χ4v) is 1.01. The van der Waals surface area contributed by atoms with Gasteiger partial charge in [0.05, 0.1) is 0 Å². The fourth-order valence-electron chi connectivity index (χ4n) is 1.01. The van der Waals surface area contributed by atoms with E-state index in [4.69, 9.17) is 10.1 Å². The molecule has 0 amide bonds. The van der Waals surface area contributed by atoms with Crippen molar-refractivity contribution in [3.63, 3.8) is 0 Å². The van der Waals surface area contributed by atoms with Crippen molar-refractivity contribution in [2.75, 3.05) is 0 Å². The van der Waals surface area contributed by atoms with Crippen LogP contribution in [0.1, 0.15) is 0 Å². The Morgan fingerprint density at radius 3 is 2.91 bits per heavy atom. The number of nitrogens with two attached hydrogens (primary N) is 1. The maximum atomic E-state index is 5.36. The third kappa shape index (κ3) is 1.01. The van der Waals surface area contributed by atoms with Crippen LogP contribution < -0.4 is 11.4 Å². The highest BCUT2D eigenvalue weighted by Crippen LogP contribution is 2.07. The average molecular weight is 146 g/mol. The molecule has 1 aromatic heterocycles. The number of hydrogen-bond donors (Lipinski definition) is 1. The summed E-state index contributed by atoms with van der Waals surface area (Å²) < 4.78 is 5.28. The molecule has 0 bridgehead atoms. The van der Waals surface area contributed by atoms with Crippen LogP contribution in [0.15, 0.2) is 28.7 Å². The van der Waals surface area contributed by atoms with Gasteiger partial charge in [0.15, 0.2) is 11.4 Å². The summed E-state index contributed by atoms with van der Waals surface area (Å²) in [5, 5.41) is 0. The van der Waals surface area contributed by atoms with E-state index in [0.29, 0.717) is 13.2 Å². The lowest BCUT2D eigenvalue weighted by atomic mass is 9.99. The van der Waals surface area contributed by atoms with E-state index in [9.17, 15) is 0 Å². The van der Waals surface area contributed by atoms with Crippen LogP contribution in [0.25, 0.3) is 11.1 Å². The van der Waals surface area contributed by atoms with Gasteiger partial charge in [0.1, 0.15) is 5.52 Å². The molecule has 0 spiro atoms. The summed E-state index contributed by atoms with van der Waals surface area (Å²) in [6, 6.07) is 7.61. The van der Waals surface area contributed by atoms with Crippen LogP contribution >= 0.6 is 0 Å². The van der Waals surface area contributed by atoms with Gasteiger partial charge >= 0.3 is 7.41 Å². The molecule has 0 aliphatic carbocycles. The van der Waals surface area contributed by atoms with Gasteiger partial charge in [-0.15, -0.1) is 0 Å². The number of rotatable bonds is 1. The van der Waals surface area contributed by atoms with Crippen molar-refractivity contribution >= 4 is 24.3 Å². The van der Waals surface area contributed by atoms with Gasteiger partial charge in [-0.1, -0.05) is 12.1 Å². The summed E-state index contributed by atoms with van der Waals surface area (Å²) in [7, 11) is 0.356. The summed E-state index contributed by atoms with van der Waals surface area (Å²) in [5.41, 5.74) is 7.02. The maximum absolute atomic E-state index is 5.36. The van der Waals surface area contributed by atoms with Gasteiger partial charge in [-0.05, 0) is 12.1 Å². The molecule has 2 rings (SSSR count). The molecule has 54 valence electrons. The first-order valence-electron chi connectivity index (χ1n) is 3.44. The molecule has 3 nitrogen and oxygen atoms in total. The number of nitrogens with zero attached hydrogens (tertiary/aromatic N) is 1. The van der Waals surface area contributed by atoms with Gasteiger partial charge in [0.2, 0.25) is 0 Å². The Kier molecular flexibility index (Phi) is 1.40. The van der Waals surface area contributed by atoms with E-state index in [1.165, 1.54) is 0 Å². The average Bonchev–Trinajstić information content (AvgIpc) is 2.46. The Hall–Kier alpha value is -1.29. The Bertz CT molecular complexity index is 338. The molecule has 0 aliphatic rings. The molecule has 1 aromatic carbocycles. The number of hydrogen-bond acceptors (Lipinski definition) is 3. The number of aromatic nitrogens is 1. The molecule has 11 heavy (non-hydrogen) atoms. The van der Waals surface area contributed by atoms with Gasteiger partial charge in [-0.3, -0.25) is 0 Å². The van der Waals surface area contributed by atoms with Crippen molar-refractivity contribution < 1.29 is 4.42 Å². The van der Waals surface area contributed by atoms with Gasteiger partial charge in [-0.25, -0.2) is 4.98 Å². The lowest BCUT2D eigenvalue weighted by molar-refractivity contribution is 0.642. The minimum atomic E-state index is 0.356. The van der Waals surface area contributed by atoms with E-state index < -0.39 is 0 Å². The highest BCUT2D eigenvalue weighted by atomic mass is 16.3. The first-order valence-corrected chi connectivity index (χ1v) is 3.44. The molecular formula is C7H7BN2O. The van der Waals surface area contributed by atoms with Crippen LogP contribution in [0.5, 0.6) is 0 Å². The van der Waals surface area contributed by atoms with Crippen molar-refractivity contribution in [1.82, 2.24) is 4.98 Å². The molecule has 0 atom stereocenters. The Balaban J connectivity index is 2.69. The fraction of sp³-hybridized carbons (Fsp3) is 0. The van der Waals surface area contributed by atoms with Gasteiger partial charge < -0.3 is 10.1 Å². The summed E-state index contributed by atoms with van der Waals surface area (Å²) >= 11 is 0. The molecule has 0 saturated carbocycles. The standard InChI is InChI=1S/C7H7BN2O/c9-8-7-10-5-3-1-2-4-6(5)11-7/h1-4,8H,9H2. The largest absolute Gasteiger partial charge is 0.449 e. The van der Waals surface area contributed by atoms with Crippen molar-refractivity contribution in [1.29, 1.82) is 0 Å². The van der Waals surface area contributed by atoms with Crippen LogP contribution in [0.3, 0.4) is 0 Å². The van der Waals surface area contributed by atoms with Crippen LogP contribution in [-0.4, -0.2) is 12.4 Å². The molecule has 2 aromatic rings. The second-order valence-electron chi connectivity index (χ2n) is 2.28. The number of oxazole rings is 1. The molecular weight excluding hydrogens is 139 g/mol. The molecule has 0 fully saturated rings. The third-order valence-electron chi connectivity index (χ3n) is 1.51. The number of benzene rings is 1. The SMILES string of the molecule is NBc1nc2ccccc2o1. The zero-order chi connectivity index (χ0) is 7.68. The minimum Gasteiger partial charge on any atom is -0.449 e. The van der Waals surface area contributed by atoms with Crippen molar-refractivity contribution in [3.8, 4) is 0 Å². The Labute approximate surface area is 64.5 Å². The van der Waals surface area contributed by atoms with E-state index in [1.807, 2.05) is 24.3 Å². The summed E-state index contributed by atoms with van der Waals surface area (Å²) in [4.78, 5) is 4.14. The van der Waals surface area contributed by atoms with Gasteiger partial charge in [0, 0.05) is 0 Å². The quantitative estimate of drug-likeness (QED) is 0.565. The second-order valence-corrected chi connectivity index (χ2v) is 2.28. The van der Waals surface area contributed by atoms with Crippen molar-refractivity contribution in [2.45, 2.75) is 0 Å². The predicted octanol–water partition coefficient (Wildman–Crippen LogP) is -0.237. The van der Waals surface area contributed by atoms with E-state index in [0.717, 1.165) is 11.1 Å². The highest BCUT2D eigenvalue weighted by molar-refractivity contribution is 6.47. The van der Waals surface area contributed by atoms with E-state index in [2.05, 4.69) is 4.98 Å². The molecule has 0 saturated heterocycles. The summed E-state index contributed by atoms with van der Waals surface area (Å²) in [6.07, 6.45) is 0. The zero-order valence-electron chi connectivity index (χ0n) is 5.95. The van der Waals surface area contributed by atoms with E-state index >= 15 is 0 Å². The van der Waals surface area contributed by atoms with E-state index in [-0.39, 0.29) is 0 Å². The summed E-state index contributed by atoms with van der Waals surface area (Å²) in [6.45, 7) is 0. The molecule has 0 aliphatic heterocycles. The van der Waals surface area contributed by atoms with Crippen LogP contribution in [0, 0.1) is 0 Å². The van der Waals surface area contributed by atoms with Crippen molar-refractivity contribution in [3.05, 3.63) is 24.3 Å². The molecule has 0 unspecified atom stereocenters. The Morgan fingerprint density at radius 2 is 2.18 bits per heavy atom. The predicted molar refractivity (Wildman–Crippen MR) is 45.0 cm³/mol. The van der Waals surface area contributed by atoms with Crippen molar-refractivity contribution in [2.24, 2.45) is 5.64 Å². The van der Waals surface area contributed by atoms with Crippen LogP contribution in [0.4, 0.5) is 0 Å². The number of para-hydroxylation sites is 2. The Morgan fingerprint density at radius 1 is 1.36 bits per heavy atom. The molecule has 0 radical (unpaired) electrons. The second kappa shape index (κ2) is 2.40. The smallest absolute Gasteiger partial charge is 0.305 e. The third-order valence-corrected chi connectivity index (χ3v) is 1.51.